The Morgan fingerprint density at radius 1 is 1.35 bits per heavy atom. The van der Waals surface area contributed by atoms with Crippen LogP contribution in [-0.4, -0.2) is 33.3 Å². The van der Waals surface area contributed by atoms with Crippen molar-refractivity contribution in [2.75, 3.05) is 6.54 Å². The highest BCUT2D eigenvalue weighted by Crippen LogP contribution is 2.15. The van der Waals surface area contributed by atoms with Gasteiger partial charge < -0.3 is 10.4 Å². The van der Waals surface area contributed by atoms with Crippen molar-refractivity contribution in [2.45, 2.75) is 20.3 Å². The number of carboxylic acids is 1. The molecule has 7 heteroatoms. The fourth-order valence-electron chi connectivity index (χ4n) is 2.21. The first kappa shape index (κ1) is 16.7. The molecule has 2 N–H and O–H groups in total. The van der Waals surface area contributed by atoms with Crippen LogP contribution >= 0.6 is 0 Å². The number of nitrogens with zero attached hydrogens (tertiary/aromatic N) is 2. The average molecular weight is 319 g/mol. The molecule has 0 saturated heterocycles. The van der Waals surface area contributed by atoms with Crippen LogP contribution in [0.25, 0.3) is 5.69 Å². The lowest BCUT2D eigenvalue weighted by Crippen LogP contribution is -2.29. The molecule has 2 rings (SSSR count). The lowest BCUT2D eigenvalue weighted by Gasteiger charge is -2.10. The number of hydrogen-bond acceptors (Lipinski definition) is 3. The van der Waals surface area contributed by atoms with Gasteiger partial charge in [-0.05, 0) is 37.1 Å². The Morgan fingerprint density at radius 3 is 2.61 bits per heavy atom. The molecule has 0 aliphatic rings. The smallest absolute Gasteiger partial charge is 0.303 e. The summed E-state index contributed by atoms with van der Waals surface area (Å²) in [4.78, 5) is 22.8. The molecule has 0 fully saturated rings. The summed E-state index contributed by atoms with van der Waals surface area (Å²) in [5.74, 6) is -1.71. The van der Waals surface area contributed by atoms with Crippen LogP contribution in [0.4, 0.5) is 4.39 Å². The van der Waals surface area contributed by atoms with Crippen molar-refractivity contribution in [2.24, 2.45) is 5.92 Å². The molecule has 0 aliphatic carbocycles. The van der Waals surface area contributed by atoms with E-state index in [1.54, 1.807) is 30.7 Å². The number of carbonyl (C=O) groups excluding carboxylic acids is 1. The average Bonchev–Trinajstić information content (AvgIpc) is 2.87. The zero-order valence-electron chi connectivity index (χ0n) is 12.9. The van der Waals surface area contributed by atoms with Gasteiger partial charge in [0.2, 0.25) is 0 Å². The summed E-state index contributed by atoms with van der Waals surface area (Å²) in [6.45, 7) is 3.77. The number of aliphatic carboxylic acids is 1. The molecule has 2 aromatic rings. The standard InChI is InChI=1S/C16H18FN3O3/c1-10(7-15(21)22)8-18-16(23)14-9-19-20(11(14)2)13-5-3-12(17)4-6-13/h3-6,9-10H,7-8H2,1-2H3,(H,18,23)(H,21,22). The van der Waals surface area contributed by atoms with Gasteiger partial charge >= 0.3 is 5.97 Å². The normalized spacial score (nSPS) is 12.0. The monoisotopic (exact) mass is 319 g/mol. The van der Waals surface area contributed by atoms with E-state index in [4.69, 9.17) is 5.11 Å². The third-order valence-electron chi connectivity index (χ3n) is 3.46. The number of carbonyl (C=O) groups is 2. The molecule has 1 amide bonds. The predicted molar refractivity (Wildman–Crippen MR) is 82.0 cm³/mol. The summed E-state index contributed by atoms with van der Waals surface area (Å²) < 4.78 is 14.5. The van der Waals surface area contributed by atoms with Gasteiger partial charge in [-0.25, -0.2) is 9.07 Å². The molecule has 23 heavy (non-hydrogen) atoms. The highest BCUT2D eigenvalue weighted by atomic mass is 19.1. The third-order valence-corrected chi connectivity index (χ3v) is 3.46. The zero-order chi connectivity index (χ0) is 17.0. The molecule has 0 radical (unpaired) electrons. The van der Waals surface area contributed by atoms with E-state index in [-0.39, 0.29) is 30.6 Å². The van der Waals surface area contributed by atoms with Crippen LogP contribution in [0.1, 0.15) is 29.4 Å². The number of amides is 1. The van der Waals surface area contributed by atoms with Crippen molar-refractivity contribution < 1.29 is 19.1 Å². The molecule has 1 atom stereocenters. The largest absolute Gasteiger partial charge is 0.481 e. The second kappa shape index (κ2) is 7.04. The van der Waals surface area contributed by atoms with Crippen molar-refractivity contribution >= 4 is 11.9 Å². The highest BCUT2D eigenvalue weighted by molar-refractivity contribution is 5.95. The molecule has 0 bridgehead atoms. The van der Waals surface area contributed by atoms with E-state index in [1.807, 2.05) is 0 Å². The molecule has 1 unspecified atom stereocenters. The topological polar surface area (TPSA) is 84.2 Å². The minimum absolute atomic E-state index is 0.00585. The summed E-state index contributed by atoms with van der Waals surface area (Å²) in [7, 11) is 0. The maximum absolute atomic E-state index is 13.0. The number of aromatic nitrogens is 2. The number of rotatable bonds is 6. The van der Waals surface area contributed by atoms with E-state index in [1.165, 1.54) is 18.3 Å². The lowest BCUT2D eigenvalue weighted by atomic mass is 10.1. The molecule has 0 saturated carbocycles. The van der Waals surface area contributed by atoms with E-state index in [0.29, 0.717) is 16.9 Å². The number of carboxylic acid groups (broad SMARTS) is 1. The SMILES string of the molecule is Cc1c(C(=O)NCC(C)CC(=O)O)cnn1-c1ccc(F)cc1. The van der Waals surface area contributed by atoms with Crippen LogP contribution in [0, 0.1) is 18.7 Å². The molecule has 0 spiro atoms. The molecule has 1 heterocycles. The van der Waals surface area contributed by atoms with Gasteiger partial charge in [-0.15, -0.1) is 0 Å². The van der Waals surface area contributed by atoms with Gasteiger partial charge in [0.05, 0.1) is 23.1 Å². The Balaban J connectivity index is 2.08. The van der Waals surface area contributed by atoms with Gasteiger partial charge in [-0.2, -0.15) is 5.10 Å². The summed E-state index contributed by atoms with van der Waals surface area (Å²) >= 11 is 0. The molecule has 0 aliphatic heterocycles. The Hall–Kier alpha value is -2.70. The van der Waals surface area contributed by atoms with E-state index in [2.05, 4.69) is 10.4 Å². The highest BCUT2D eigenvalue weighted by Gasteiger charge is 2.16. The fraction of sp³-hybridized carbons (Fsp3) is 0.312. The van der Waals surface area contributed by atoms with Crippen LogP contribution in [0.3, 0.4) is 0 Å². The summed E-state index contributed by atoms with van der Waals surface area (Å²) in [6.07, 6.45) is 1.43. The minimum atomic E-state index is -0.896. The number of halogens is 1. The van der Waals surface area contributed by atoms with Gasteiger partial charge in [0.1, 0.15) is 5.82 Å². The number of hydrogen-bond donors (Lipinski definition) is 2. The predicted octanol–water partition coefficient (Wildman–Crippen LogP) is 2.16. The van der Waals surface area contributed by atoms with E-state index in [9.17, 15) is 14.0 Å². The first-order valence-electron chi connectivity index (χ1n) is 7.19. The third kappa shape index (κ3) is 4.15. The molecular formula is C16H18FN3O3. The van der Waals surface area contributed by atoms with Crippen LogP contribution in [0.5, 0.6) is 0 Å². The van der Waals surface area contributed by atoms with Gasteiger partial charge in [-0.3, -0.25) is 9.59 Å². The number of benzene rings is 1. The van der Waals surface area contributed by atoms with Crippen molar-refractivity contribution in [1.29, 1.82) is 0 Å². The van der Waals surface area contributed by atoms with Crippen LogP contribution in [0.15, 0.2) is 30.5 Å². The Morgan fingerprint density at radius 2 is 2.00 bits per heavy atom. The van der Waals surface area contributed by atoms with Crippen molar-refractivity contribution in [3.8, 4) is 5.69 Å². The second-order valence-electron chi connectivity index (χ2n) is 5.44. The molecule has 1 aromatic heterocycles. The van der Waals surface area contributed by atoms with E-state index >= 15 is 0 Å². The summed E-state index contributed by atoms with van der Waals surface area (Å²) in [5.41, 5.74) is 1.68. The lowest BCUT2D eigenvalue weighted by molar-refractivity contribution is -0.137. The van der Waals surface area contributed by atoms with Gasteiger partial charge in [0.25, 0.3) is 5.91 Å². The second-order valence-corrected chi connectivity index (χ2v) is 5.44. The quantitative estimate of drug-likeness (QED) is 0.854. The minimum Gasteiger partial charge on any atom is -0.481 e. The molecule has 1 aromatic carbocycles. The van der Waals surface area contributed by atoms with E-state index < -0.39 is 5.97 Å². The Kier molecular flexibility index (Phi) is 5.10. The van der Waals surface area contributed by atoms with Crippen LogP contribution in [0.2, 0.25) is 0 Å². The van der Waals surface area contributed by atoms with Crippen molar-refractivity contribution in [3.05, 3.63) is 47.5 Å². The first-order chi connectivity index (χ1) is 10.9. The Bertz CT molecular complexity index is 710. The van der Waals surface area contributed by atoms with Crippen LogP contribution in [-0.2, 0) is 4.79 Å². The maximum atomic E-state index is 13.0. The number of nitrogens with one attached hydrogen (secondary N) is 1. The van der Waals surface area contributed by atoms with Gasteiger partial charge in [0, 0.05) is 13.0 Å². The van der Waals surface area contributed by atoms with Crippen molar-refractivity contribution in [1.82, 2.24) is 15.1 Å². The fourth-order valence-corrected chi connectivity index (χ4v) is 2.21. The van der Waals surface area contributed by atoms with Crippen molar-refractivity contribution in [3.63, 3.8) is 0 Å². The maximum Gasteiger partial charge on any atom is 0.303 e. The molecule has 122 valence electrons. The zero-order valence-corrected chi connectivity index (χ0v) is 12.9. The summed E-state index contributed by atoms with van der Waals surface area (Å²) in [6, 6.07) is 5.80. The van der Waals surface area contributed by atoms with E-state index in [0.717, 1.165) is 0 Å². The van der Waals surface area contributed by atoms with Gasteiger partial charge in [0.15, 0.2) is 0 Å². The first-order valence-corrected chi connectivity index (χ1v) is 7.19. The molecular weight excluding hydrogens is 301 g/mol. The van der Waals surface area contributed by atoms with Gasteiger partial charge in [-0.1, -0.05) is 6.92 Å². The van der Waals surface area contributed by atoms with Crippen LogP contribution < -0.4 is 5.32 Å². The molecule has 6 nitrogen and oxygen atoms in total. The Labute approximate surface area is 132 Å². The summed E-state index contributed by atoms with van der Waals surface area (Å²) in [5, 5.41) is 15.6.